The molecule has 2 atom stereocenters. The molecule has 27 heavy (non-hydrogen) atoms. The molecule has 2 aliphatic heterocycles. The fourth-order valence-electron chi connectivity index (χ4n) is 3.78. The predicted molar refractivity (Wildman–Crippen MR) is 107 cm³/mol. The summed E-state index contributed by atoms with van der Waals surface area (Å²) in [4.78, 5) is 16.4. The molecule has 0 radical (unpaired) electrons. The molecule has 2 fully saturated rings. The molecular weight excluding hydrogens is 407 g/mol. The molecule has 2 aromatic carbocycles. The summed E-state index contributed by atoms with van der Waals surface area (Å²) in [5.41, 5.74) is 2.43. The third-order valence-corrected chi connectivity index (χ3v) is 7.54. The fraction of sp³-hybridized carbons (Fsp3) is 0.316. The second-order valence-corrected chi connectivity index (χ2v) is 10.0. The number of anilines is 1. The van der Waals surface area contributed by atoms with Crippen LogP contribution in [0.3, 0.4) is 0 Å². The van der Waals surface area contributed by atoms with E-state index >= 15 is 0 Å². The van der Waals surface area contributed by atoms with Crippen molar-refractivity contribution in [3.8, 4) is 0 Å². The second-order valence-electron chi connectivity index (χ2n) is 7.05. The average molecular weight is 425 g/mol. The van der Waals surface area contributed by atoms with Crippen molar-refractivity contribution in [2.75, 3.05) is 16.4 Å². The Bertz CT molecular complexity index is 1010. The minimum Gasteiger partial charge on any atom is -0.314 e. The molecule has 4 rings (SSSR count). The van der Waals surface area contributed by atoms with Crippen molar-refractivity contribution in [2.45, 2.75) is 25.6 Å². The van der Waals surface area contributed by atoms with Crippen molar-refractivity contribution in [3.63, 3.8) is 0 Å². The van der Waals surface area contributed by atoms with Gasteiger partial charge < -0.3 is 4.90 Å². The quantitative estimate of drug-likeness (QED) is 0.701. The van der Waals surface area contributed by atoms with Crippen LogP contribution < -0.4 is 4.90 Å². The lowest BCUT2D eigenvalue weighted by atomic mass is 10.1. The van der Waals surface area contributed by atoms with Gasteiger partial charge in [0.25, 0.3) is 0 Å². The summed E-state index contributed by atoms with van der Waals surface area (Å²) in [6.07, 6.45) is 0. The first kappa shape index (κ1) is 18.6. The molecule has 2 heterocycles. The summed E-state index contributed by atoms with van der Waals surface area (Å²) in [5.74, 6) is -0.0564. The van der Waals surface area contributed by atoms with Gasteiger partial charge in [-0.05, 0) is 42.3 Å². The van der Waals surface area contributed by atoms with Gasteiger partial charge in [-0.2, -0.15) is 0 Å². The summed E-state index contributed by atoms with van der Waals surface area (Å²) in [6.45, 7) is 2.22. The van der Waals surface area contributed by atoms with E-state index in [-0.39, 0.29) is 23.6 Å². The number of fused-ring (bicyclic) bond motifs is 1. The Labute approximate surface area is 168 Å². The number of aryl methyl sites for hydroxylation is 1. The van der Waals surface area contributed by atoms with Gasteiger partial charge in [0.05, 0.1) is 23.6 Å². The third kappa shape index (κ3) is 3.42. The van der Waals surface area contributed by atoms with E-state index in [1.807, 2.05) is 31.2 Å². The van der Waals surface area contributed by atoms with Crippen LogP contribution in [0.5, 0.6) is 0 Å². The van der Waals surface area contributed by atoms with Gasteiger partial charge in [-0.25, -0.2) is 13.2 Å². The maximum absolute atomic E-state index is 13.2. The number of urea groups is 1. The van der Waals surface area contributed by atoms with Crippen LogP contribution in [0.25, 0.3) is 0 Å². The number of halogens is 2. The van der Waals surface area contributed by atoms with Crippen LogP contribution in [0.4, 0.5) is 10.5 Å². The van der Waals surface area contributed by atoms with Gasteiger partial charge in [-0.3, -0.25) is 4.90 Å². The standard InChI is InChI=1S/C19H18Cl2N2O3S/c1-12-2-7-15(8-16(12)21)23-18-11-27(25,26)10-17(18)22(19(23)24)9-13-3-5-14(20)6-4-13/h2-8,17-18H,9-11H2,1H3/t17-,18+/m0/s1. The van der Waals surface area contributed by atoms with Crippen LogP contribution in [-0.2, 0) is 16.4 Å². The first-order valence-electron chi connectivity index (χ1n) is 8.56. The molecule has 2 aliphatic rings. The number of hydrogen-bond donors (Lipinski definition) is 0. The molecule has 0 unspecified atom stereocenters. The van der Waals surface area contributed by atoms with E-state index in [0.29, 0.717) is 22.3 Å². The minimum absolute atomic E-state index is 0.0207. The third-order valence-electron chi connectivity index (χ3n) is 5.18. The van der Waals surface area contributed by atoms with Crippen LogP contribution in [0, 0.1) is 6.92 Å². The molecule has 0 aromatic heterocycles. The smallest absolute Gasteiger partial charge is 0.314 e. The van der Waals surface area contributed by atoms with Crippen LogP contribution in [0.15, 0.2) is 42.5 Å². The minimum atomic E-state index is -3.21. The van der Waals surface area contributed by atoms with Crippen LogP contribution in [-0.4, -0.2) is 42.9 Å². The number of hydrogen-bond acceptors (Lipinski definition) is 3. The topological polar surface area (TPSA) is 57.7 Å². The fourth-order valence-corrected chi connectivity index (χ4v) is 6.03. The molecular formula is C19H18Cl2N2O3S. The number of carbonyl (C=O) groups is 1. The Morgan fingerprint density at radius 1 is 1.04 bits per heavy atom. The Hall–Kier alpha value is -1.76. The second kappa shape index (κ2) is 6.69. The SMILES string of the molecule is Cc1ccc(N2C(=O)N(Cc3ccc(Cl)cc3)[C@H]3CS(=O)(=O)C[C@H]32)cc1Cl. The predicted octanol–water partition coefficient (Wildman–Crippen LogP) is 3.91. The monoisotopic (exact) mass is 424 g/mol. The van der Waals surface area contributed by atoms with E-state index < -0.39 is 15.9 Å². The molecule has 8 heteroatoms. The average Bonchev–Trinajstić information content (AvgIpc) is 3.03. The van der Waals surface area contributed by atoms with Gasteiger partial charge in [0, 0.05) is 22.3 Å². The summed E-state index contributed by atoms with van der Waals surface area (Å²) in [7, 11) is -3.21. The molecule has 5 nitrogen and oxygen atoms in total. The highest BCUT2D eigenvalue weighted by atomic mass is 35.5. The first-order valence-corrected chi connectivity index (χ1v) is 11.1. The maximum Gasteiger partial charge on any atom is 0.325 e. The van der Waals surface area contributed by atoms with Gasteiger partial charge in [0.15, 0.2) is 9.84 Å². The molecule has 0 N–H and O–H groups in total. The largest absolute Gasteiger partial charge is 0.325 e. The summed E-state index contributed by atoms with van der Waals surface area (Å²) in [6, 6.07) is 11.6. The lowest BCUT2D eigenvalue weighted by molar-refractivity contribution is 0.206. The molecule has 0 aliphatic carbocycles. The highest BCUT2D eigenvalue weighted by Gasteiger charge is 2.53. The summed E-state index contributed by atoms with van der Waals surface area (Å²) < 4.78 is 24.6. The van der Waals surface area contributed by atoms with Crippen molar-refractivity contribution >= 4 is 44.8 Å². The Kier molecular flexibility index (Phi) is 4.61. The summed E-state index contributed by atoms with van der Waals surface area (Å²) in [5, 5.41) is 1.16. The molecule has 0 spiro atoms. The Balaban J connectivity index is 1.71. The Morgan fingerprint density at radius 2 is 1.70 bits per heavy atom. The normalized spacial score (nSPS) is 23.7. The zero-order chi connectivity index (χ0) is 19.3. The number of nitrogens with zero attached hydrogens (tertiary/aromatic N) is 2. The maximum atomic E-state index is 13.2. The van der Waals surface area contributed by atoms with Crippen LogP contribution >= 0.6 is 23.2 Å². The molecule has 2 saturated heterocycles. The molecule has 2 aromatic rings. The van der Waals surface area contributed by atoms with Crippen molar-refractivity contribution in [1.82, 2.24) is 4.90 Å². The van der Waals surface area contributed by atoms with Gasteiger partial charge in [0.1, 0.15) is 0 Å². The number of rotatable bonds is 3. The molecule has 0 bridgehead atoms. The number of sulfone groups is 1. The highest BCUT2D eigenvalue weighted by Crippen LogP contribution is 2.37. The van der Waals surface area contributed by atoms with E-state index in [4.69, 9.17) is 23.2 Å². The highest BCUT2D eigenvalue weighted by molar-refractivity contribution is 7.91. The van der Waals surface area contributed by atoms with E-state index in [9.17, 15) is 13.2 Å². The number of carbonyl (C=O) groups excluding carboxylic acids is 1. The van der Waals surface area contributed by atoms with Crippen molar-refractivity contribution in [2.24, 2.45) is 0 Å². The van der Waals surface area contributed by atoms with Gasteiger partial charge in [0.2, 0.25) is 0 Å². The van der Waals surface area contributed by atoms with Gasteiger partial charge in [-0.1, -0.05) is 41.4 Å². The van der Waals surface area contributed by atoms with Gasteiger partial charge >= 0.3 is 6.03 Å². The van der Waals surface area contributed by atoms with E-state index in [2.05, 4.69) is 0 Å². The van der Waals surface area contributed by atoms with Crippen molar-refractivity contribution in [1.29, 1.82) is 0 Å². The van der Waals surface area contributed by atoms with Crippen LogP contribution in [0.1, 0.15) is 11.1 Å². The van der Waals surface area contributed by atoms with Gasteiger partial charge in [-0.15, -0.1) is 0 Å². The Morgan fingerprint density at radius 3 is 2.37 bits per heavy atom. The lowest BCUT2D eigenvalue weighted by Crippen LogP contribution is -2.37. The van der Waals surface area contributed by atoms with E-state index in [1.54, 1.807) is 28.0 Å². The zero-order valence-corrected chi connectivity index (χ0v) is 16.9. The van der Waals surface area contributed by atoms with Crippen LogP contribution in [0.2, 0.25) is 10.0 Å². The lowest BCUT2D eigenvalue weighted by Gasteiger charge is -2.23. The molecule has 2 amide bonds. The number of benzene rings is 2. The zero-order valence-electron chi connectivity index (χ0n) is 14.6. The molecule has 142 valence electrons. The van der Waals surface area contributed by atoms with E-state index in [1.165, 1.54) is 0 Å². The molecule has 0 saturated carbocycles. The van der Waals surface area contributed by atoms with Crippen molar-refractivity contribution in [3.05, 3.63) is 63.6 Å². The summed E-state index contributed by atoms with van der Waals surface area (Å²) >= 11 is 12.2. The first-order chi connectivity index (χ1) is 12.7. The van der Waals surface area contributed by atoms with Crippen molar-refractivity contribution < 1.29 is 13.2 Å². The van der Waals surface area contributed by atoms with E-state index in [0.717, 1.165) is 11.1 Å². The number of amides is 2.